The van der Waals surface area contributed by atoms with Crippen LogP contribution in [0, 0.1) is 23.7 Å². The molecule has 3 aliphatic rings. The molecule has 138 valence electrons. The number of carbonyl (C=O) groups excluding carboxylic acids is 1. The van der Waals surface area contributed by atoms with E-state index in [9.17, 15) is 4.79 Å². The third kappa shape index (κ3) is 3.04. The number of urea groups is 1. The SMILES string of the molecule is C[C@H](NC(=O)N[C@@H]1C[C@H]2C[C@H]1[C@H]1CCC[C@@H]21)c1nc(C(C)(C)C)no1. The van der Waals surface area contributed by atoms with Crippen molar-refractivity contribution in [2.24, 2.45) is 23.7 Å². The van der Waals surface area contributed by atoms with Gasteiger partial charge >= 0.3 is 6.03 Å². The highest BCUT2D eigenvalue weighted by Gasteiger charge is 2.54. The van der Waals surface area contributed by atoms with Crippen molar-refractivity contribution in [3.05, 3.63) is 11.7 Å². The van der Waals surface area contributed by atoms with Crippen molar-refractivity contribution in [1.29, 1.82) is 0 Å². The number of aromatic nitrogens is 2. The second kappa shape index (κ2) is 5.99. The number of nitrogens with zero attached hydrogens (tertiary/aromatic N) is 2. The fourth-order valence-electron chi connectivity index (χ4n) is 5.42. The number of rotatable bonds is 3. The summed E-state index contributed by atoms with van der Waals surface area (Å²) in [6, 6.07) is -0.0686. The standard InChI is InChI=1S/C19H30N4O2/c1-10(16-22-17(23-25-16)19(2,3)4)20-18(24)21-15-9-11-8-14(15)13-7-5-6-12(11)13/h10-15H,5-9H2,1-4H3,(H2,20,21,24)/t10-,11+,12-,13-,14-,15+/m0/s1. The number of fused-ring (bicyclic) bond motifs is 5. The van der Waals surface area contributed by atoms with E-state index in [1.54, 1.807) is 0 Å². The average Bonchev–Trinajstić information content (AvgIpc) is 3.27. The zero-order valence-corrected chi connectivity index (χ0v) is 15.7. The summed E-state index contributed by atoms with van der Waals surface area (Å²) < 4.78 is 5.33. The largest absolute Gasteiger partial charge is 0.337 e. The van der Waals surface area contributed by atoms with Crippen molar-refractivity contribution in [2.45, 2.75) is 77.3 Å². The Morgan fingerprint density at radius 1 is 1.20 bits per heavy atom. The summed E-state index contributed by atoms with van der Waals surface area (Å²) in [6.07, 6.45) is 6.62. The van der Waals surface area contributed by atoms with E-state index in [0.29, 0.717) is 23.7 Å². The Morgan fingerprint density at radius 3 is 2.68 bits per heavy atom. The lowest BCUT2D eigenvalue weighted by Crippen LogP contribution is -2.47. The molecule has 1 aromatic heterocycles. The van der Waals surface area contributed by atoms with Crippen molar-refractivity contribution in [3.63, 3.8) is 0 Å². The van der Waals surface area contributed by atoms with Crippen LogP contribution in [-0.4, -0.2) is 22.2 Å². The van der Waals surface area contributed by atoms with Crippen LogP contribution < -0.4 is 10.6 Å². The van der Waals surface area contributed by atoms with Gasteiger partial charge in [-0.25, -0.2) is 4.79 Å². The monoisotopic (exact) mass is 346 g/mol. The van der Waals surface area contributed by atoms with E-state index >= 15 is 0 Å². The van der Waals surface area contributed by atoms with Crippen LogP contribution in [0.1, 0.15) is 77.6 Å². The van der Waals surface area contributed by atoms with Crippen molar-refractivity contribution < 1.29 is 9.32 Å². The molecule has 3 aliphatic carbocycles. The summed E-state index contributed by atoms with van der Waals surface area (Å²) >= 11 is 0. The predicted molar refractivity (Wildman–Crippen MR) is 93.9 cm³/mol. The van der Waals surface area contributed by atoms with Gasteiger partial charge in [-0.2, -0.15) is 4.98 Å². The lowest BCUT2D eigenvalue weighted by atomic mass is 9.79. The first kappa shape index (κ1) is 16.9. The lowest BCUT2D eigenvalue weighted by Gasteiger charge is -2.32. The molecule has 6 nitrogen and oxygen atoms in total. The molecule has 0 saturated heterocycles. The normalized spacial score (nSPS) is 34.8. The maximum absolute atomic E-state index is 12.4. The summed E-state index contributed by atoms with van der Waals surface area (Å²) in [5.41, 5.74) is -0.162. The van der Waals surface area contributed by atoms with E-state index in [2.05, 4.69) is 20.8 Å². The Hall–Kier alpha value is -1.59. The van der Waals surface area contributed by atoms with Crippen LogP contribution in [0.15, 0.2) is 4.52 Å². The van der Waals surface area contributed by atoms with Crippen LogP contribution in [0.4, 0.5) is 4.79 Å². The molecule has 3 saturated carbocycles. The molecule has 2 amide bonds. The minimum atomic E-state index is -0.290. The van der Waals surface area contributed by atoms with E-state index < -0.39 is 0 Å². The van der Waals surface area contributed by atoms with Gasteiger partial charge in [0.2, 0.25) is 5.89 Å². The first-order valence-corrected chi connectivity index (χ1v) is 9.74. The van der Waals surface area contributed by atoms with E-state index in [-0.39, 0.29) is 17.5 Å². The van der Waals surface area contributed by atoms with Crippen molar-refractivity contribution in [3.8, 4) is 0 Å². The Kier molecular flexibility index (Phi) is 4.04. The number of hydrogen-bond acceptors (Lipinski definition) is 4. The van der Waals surface area contributed by atoms with Crippen molar-refractivity contribution >= 4 is 6.03 Å². The molecular weight excluding hydrogens is 316 g/mol. The molecule has 0 spiro atoms. The average molecular weight is 346 g/mol. The molecule has 0 unspecified atom stereocenters. The molecule has 1 heterocycles. The second-order valence-electron chi connectivity index (χ2n) is 9.31. The lowest BCUT2D eigenvalue weighted by molar-refractivity contribution is 0.195. The smallest absolute Gasteiger partial charge is 0.315 e. The Balaban J connectivity index is 1.33. The van der Waals surface area contributed by atoms with E-state index in [0.717, 1.165) is 24.2 Å². The molecule has 25 heavy (non-hydrogen) atoms. The van der Waals surface area contributed by atoms with Crippen LogP contribution in [0.25, 0.3) is 0 Å². The first-order chi connectivity index (χ1) is 11.8. The topological polar surface area (TPSA) is 80.0 Å². The van der Waals surface area contributed by atoms with Gasteiger partial charge in [0, 0.05) is 11.5 Å². The molecular formula is C19H30N4O2. The number of carbonyl (C=O) groups is 1. The summed E-state index contributed by atoms with van der Waals surface area (Å²) in [5.74, 6) is 4.45. The van der Waals surface area contributed by atoms with Crippen molar-refractivity contribution in [2.75, 3.05) is 0 Å². The Labute approximate surface area is 149 Å². The van der Waals surface area contributed by atoms with Crippen LogP contribution in [-0.2, 0) is 5.41 Å². The van der Waals surface area contributed by atoms with Gasteiger partial charge in [0.15, 0.2) is 5.82 Å². The van der Waals surface area contributed by atoms with E-state index in [1.807, 2.05) is 27.7 Å². The molecule has 4 rings (SSSR count). The highest BCUT2D eigenvalue weighted by atomic mass is 16.5. The van der Waals surface area contributed by atoms with Crippen LogP contribution >= 0.6 is 0 Å². The molecule has 2 bridgehead atoms. The van der Waals surface area contributed by atoms with Gasteiger partial charge < -0.3 is 15.2 Å². The van der Waals surface area contributed by atoms with E-state index in [4.69, 9.17) is 4.52 Å². The van der Waals surface area contributed by atoms with Gasteiger partial charge in [-0.1, -0.05) is 32.3 Å². The number of hydrogen-bond donors (Lipinski definition) is 2. The highest BCUT2D eigenvalue weighted by molar-refractivity contribution is 5.74. The van der Waals surface area contributed by atoms with E-state index in [1.165, 1.54) is 25.7 Å². The maximum atomic E-state index is 12.4. The quantitative estimate of drug-likeness (QED) is 0.877. The molecule has 2 N–H and O–H groups in total. The van der Waals surface area contributed by atoms with Gasteiger partial charge in [0.1, 0.15) is 6.04 Å². The molecule has 6 atom stereocenters. The van der Waals surface area contributed by atoms with Gasteiger partial charge in [-0.3, -0.25) is 0 Å². The molecule has 0 radical (unpaired) electrons. The number of nitrogens with one attached hydrogen (secondary N) is 2. The van der Waals surface area contributed by atoms with Crippen LogP contribution in [0.5, 0.6) is 0 Å². The summed E-state index contributed by atoms with van der Waals surface area (Å²) in [5, 5.41) is 10.2. The molecule has 0 aliphatic heterocycles. The molecule has 6 heteroatoms. The van der Waals surface area contributed by atoms with Crippen molar-refractivity contribution in [1.82, 2.24) is 20.8 Å². The van der Waals surface area contributed by atoms with Gasteiger partial charge in [0.05, 0.1) is 0 Å². The number of amides is 2. The summed E-state index contributed by atoms with van der Waals surface area (Å²) in [4.78, 5) is 16.9. The molecule has 3 fully saturated rings. The van der Waals surface area contributed by atoms with Gasteiger partial charge in [0.25, 0.3) is 0 Å². The first-order valence-electron chi connectivity index (χ1n) is 9.74. The fraction of sp³-hybridized carbons (Fsp3) is 0.842. The van der Waals surface area contributed by atoms with Crippen LogP contribution in [0.3, 0.4) is 0 Å². The van der Waals surface area contributed by atoms with Gasteiger partial charge in [-0.15, -0.1) is 0 Å². The zero-order chi connectivity index (χ0) is 17.8. The van der Waals surface area contributed by atoms with Crippen LogP contribution in [0.2, 0.25) is 0 Å². The molecule has 1 aromatic rings. The molecule has 0 aromatic carbocycles. The Bertz CT molecular complexity index is 650. The van der Waals surface area contributed by atoms with Gasteiger partial charge in [-0.05, 0) is 56.3 Å². The third-order valence-corrected chi connectivity index (χ3v) is 6.58. The minimum Gasteiger partial charge on any atom is -0.337 e. The summed E-state index contributed by atoms with van der Waals surface area (Å²) in [6.45, 7) is 8.00. The second-order valence-corrected chi connectivity index (χ2v) is 9.31. The third-order valence-electron chi connectivity index (χ3n) is 6.58. The minimum absolute atomic E-state index is 0.116. The summed E-state index contributed by atoms with van der Waals surface area (Å²) in [7, 11) is 0. The predicted octanol–water partition coefficient (Wildman–Crippen LogP) is 3.55. The fourth-order valence-corrected chi connectivity index (χ4v) is 5.42. The Morgan fingerprint density at radius 2 is 1.96 bits per heavy atom. The maximum Gasteiger partial charge on any atom is 0.315 e. The highest BCUT2D eigenvalue weighted by Crippen LogP contribution is 2.58. The zero-order valence-electron chi connectivity index (χ0n) is 15.7.